The Morgan fingerprint density at radius 1 is 1.11 bits per heavy atom. The van der Waals surface area contributed by atoms with Crippen LogP contribution in [-0.2, 0) is 16.1 Å². The van der Waals surface area contributed by atoms with Crippen molar-refractivity contribution in [1.82, 2.24) is 10.2 Å². The smallest absolute Gasteiger partial charge is 0.411 e. The number of ether oxygens (including phenoxy) is 1. The van der Waals surface area contributed by atoms with E-state index < -0.39 is 12.1 Å². The van der Waals surface area contributed by atoms with E-state index in [1.54, 1.807) is 40.9 Å². The molecule has 1 aliphatic rings. The van der Waals surface area contributed by atoms with Crippen LogP contribution in [0.5, 0.6) is 0 Å². The van der Waals surface area contributed by atoms with Crippen molar-refractivity contribution in [1.29, 1.82) is 0 Å². The van der Waals surface area contributed by atoms with Crippen LogP contribution in [0.1, 0.15) is 15.9 Å². The van der Waals surface area contributed by atoms with Gasteiger partial charge in [-0.3, -0.25) is 14.9 Å². The molecule has 1 aliphatic heterocycles. The summed E-state index contributed by atoms with van der Waals surface area (Å²) in [5.74, 6) is 0.765. The molecule has 2 N–H and O–H groups in total. The summed E-state index contributed by atoms with van der Waals surface area (Å²) >= 11 is 1.57. The van der Waals surface area contributed by atoms with E-state index in [-0.39, 0.29) is 11.8 Å². The van der Waals surface area contributed by atoms with E-state index in [1.807, 2.05) is 30.3 Å². The van der Waals surface area contributed by atoms with Gasteiger partial charge in [0.1, 0.15) is 6.04 Å². The van der Waals surface area contributed by atoms with E-state index in [2.05, 4.69) is 15.4 Å². The quantitative estimate of drug-likeness (QED) is 0.807. The Balaban J connectivity index is 1.56. The second kappa shape index (κ2) is 9.27. The summed E-state index contributed by atoms with van der Waals surface area (Å²) in [6.07, 6.45) is -0.539. The number of hydrogen-bond donors (Lipinski definition) is 2. The van der Waals surface area contributed by atoms with Crippen LogP contribution in [0.25, 0.3) is 0 Å². The van der Waals surface area contributed by atoms with Crippen LogP contribution in [0.2, 0.25) is 0 Å². The Bertz CT molecular complexity index is 842. The molecule has 2 aromatic carbocycles. The lowest BCUT2D eigenvalue weighted by molar-refractivity contribution is -0.124. The minimum absolute atomic E-state index is 0.135. The van der Waals surface area contributed by atoms with Crippen LogP contribution in [0.4, 0.5) is 10.5 Å². The highest BCUT2D eigenvalue weighted by atomic mass is 32.2. The molecule has 3 rings (SSSR count). The summed E-state index contributed by atoms with van der Waals surface area (Å²) in [6, 6.07) is 15.6. The number of nitrogens with zero attached hydrogens (tertiary/aromatic N) is 1. The second-order valence-corrected chi connectivity index (χ2v) is 7.19. The third-order valence-corrected chi connectivity index (χ3v) is 5.33. The van der Waals surface area contributed by atoms with Crippen LogP contribution in [0.15, 0.2) is 54.6 Å². The second-order valence-electron chi connectivity index (χ2n) is 6.19. The number of rotatable bonds is 5. The summed E-state index contributed by atoms with van der Waals surface area (Å²) in [4.78, 5) is 38.1. The van der Waals surface area contributed by atoms with Gasteiger partial charge in [0.05, 0.1) is 13.0 Å². The summed E-state index contributed by atoms with van der Waals surface area (Å²) in [5, 5.41) is 5.46. The Kier molecular flexibility index (Phi) is 6.54. The number of thioether (sulfide) groups is 1. The fraction of sp³-hybridized carbons (Fsp3) is 0.250. The zero-order valence-corrected chi connectivity index (χ0v) is 16.2. The number of amides is 3. The fourth-order valence-corrected chi connectivity index (χ4v) is 3.94. The first-order valence-corrected chi connectivity index (χ1v) is 9.89. The monoisotopic (exact) mass is 399 g/mol. The molecular formula is C20H21N3O4S. The maximum absolute atomic E-state index is 12.7. The largest absolute Gasteiger partial charge is 0.453 e. The predicted octanol–water partition coefficient (Wildman–Crippen LogP) is 2.70. The number of anilines is 1. The Hall–Kier alpha value is -3.00. The molecule has 0 bridgehead atoms. The zero-order chi connectivity index (χ0) is 19.9. The van der Waals surface area contributed by atoms with Gasteiger partial charge < -0.3 is 15.0 Å². The zero-order valence-electron chi connectivity index (χ0n) is 15.4. The molecule has 28 heavy (non-hydrogen) atoms. The minimum atomic E-state index is -0.539. The van der Waals surface area contributed by atoms with Gasteiger partial charge in [0.2, 0.25) is 5.91 Å². The molecule has 0 radical (unpaired) electrons. The molecule has 8 heteroatoms. The Labute approximate surface area is 167 Å². The van der Waals surface area contributed by atoms with Crippen molar-refractivity contribution in [3.05, 3.63) is 65.7 Å². The molecule has 0 spiro atoms. The predicted molar refractivity (Wildman–Crippen MR) is 108 cm³/mol. The molecule has 0 saturated carbocycles. The highest BCUT2D eigenvalue weighted by Crippen LogP contribution is 2.23. The summed E-state index contributed by atoms with van der Waals surface area (Å²) in [5.41, 5.74) is 2.07. The molecule has 3 amide bonds. The summed E-state index contributed by atoms with van der Waals surface area (Å²) in [6.45, 7) is 0.339. The van der Waals surface area contributed by atoms with Gasteiger partial charge in [-0.1, -0.05) is 30.3 Å². The molecular weight excluding hydrogens is 378 g/mol. The molecule has 7 nitrogen and oxygen atoms in total. The average Bonchev–Trinajstić information content (AvgIpc) is 3.23. The van der Waals surface area contributed by atoms with Gasteiger partial charge in [-0.15, -0.1) is 11.8 Å². The standard InChI is InChI=1S/C20H21N3O4S/c1-27-20(26)22-16-9-7-14(8-10-16)11-21-18(24)17-12-28-13-23(17)19(25)15-5-3-2-4-6-15/h2-10,17H,11-13H2,1H3,(H,21,24)(H,22,26)/t17-/m0/s1. The van der Waals surface area contributed by atoms with Gasteiger partial charge in [-0.05, 0) is 29.8 Å². The average molecular weight is 399 g/mol. The van der Waals surface area contributed by atoms with Gasteiger partial charge in [-0.25, -0.2) is 4.79 Å². The number of benzene rings is 2. The highest BCUT2D eigenvalue weighted by molar-refractivity contribution is 7.99. The molecule has 1 atom stereocenters. The maximum Gasteiger partial charge on any atom is 0.411 e. The first kappa shape index (κ1) is 19.8. The number of carbonyl (C=O) groups is 3. The number of methoxy groups -OCH3 is 1. The van der Waals surface area contributed by atoms with Crippen molar-refractivity contribution in [2.75, 3.05) is 24.1 Å². The first-order valence-electron chi connectivity index (χ1n) is 8.74. The topological polar surface area (TPSA) is 87.7 Å². The maximum atomic E-state index is 12.7. The molecule has 0 aliphatic carbocycles. The summed E-state index contributed by atoms with van der Waals surface area (Å²) in [7, 11) is 1.30. The number of nitrogens with one attached hydrogen (secondary N) is 2. The van der Waals surface area contributed by atoms with Gasteiger partial charge in [-0.2, -0.15) is 0 Å². The lowest BCUT2D eigenvalue weighted by Crippen LogP contribution is -2.47. The molecule has 0 unspecified atom stereocenters. The van der Waals surface area contributed by atoms with Crippen LogP contribution in [0.3, 0.4) is 0 Å². The van der Waals surface area contributed by atoms with Crippen molar-refractivity contribution < 1.29 is 19.1 Å². The third-order valence-electron chi connectivity index (χ3n) is 4.32. The van der Waals surface area contributed by atoms with Gasteiger partial charge in [0, 0.05) is 23.5 Å². The SMILES string of the molecule is COC(=O)Nc1ccc(CNC(=O)[C@@H]2CSCN2C(=O)c2ccccc2)cc1. The van der Waals surface area contributed by atoms with Crippen molar-refractivity contribution in [2.24, 2.45) is 0 Å². The Morgan fingerprint density at radius 3 is 2.50 bits per heavy atom. The van der Waals surface area contributed by atoms with Crippen LogP contribution in [0, 0.1) is 0 Å². The van der Waals surface area contributed by atoms with Crippen molar-refractivity contribution in [3.8, 4) is 0 Å². The van der Waals surface area contributed by atoms with Crippen molar-refractivity contribution in [3.63, 3.8) is 0 Å². The minimum Gasteiger partial charge on any atom is -0.453 e. The van der Waals surface area contributed by atoms with E-state index in [0.29, 0.717) is 29.4 Å². The number of hydrogen-bond acceptors (Lipinski definition) is 5. The van der Waals surface area contributed by atoms with E-state index in [1.165, 1.54) is 7.11 Å². The lowest BCUT2D eigenvalue weighted by Gasteiger charge is -2.23. The molecule has 0 aromatic heterocycles. The van der Waals surface area contributed by atoms with E-state index in [4.69, 9.17) is 0 Å². The Morgan fingerprint density at radius 2 is 1.82 bits per heavy atom. The van der Waals surface area contributed by atoms with Crippen molar-refractivity contribution in [2.45, 2.75) is 12.6 Å². The van der Waals surface area contributed by atoms with Gasteiger partial charge in [0.15, 0.2) is 0 Å². The third kappa shape index (κ3) is 4.83. The molecule has 1 heterocycles. The molecule has 1 saturated heterocycles. The summed E-state index contributed by atoms with van der Waals surface area (Å²) < 4.78 is 4.54. The molecule has 1 fully saturated rings. The lowest BCUT2D eigenvalue weighted by atomic mass is 10.1. The van der Waals surface area contributed by atoms with E-state index in [9.17, 15) is 14.4 Å². The van der Waals surface area contributed by atoms with Crippen LogP contribution in [-0.4, -0.2) is 47.6 Å². The van der Waals surface area contributed by atoms with E-state index >= 15 is 0 Å². The van der Waals surface area contributed by atoms with Gasteiger partial charge >= 0.3 is 6.09 Å². The number of carbonyl (C=O) groups excluding carboxylic acids is 3. The highest BCUT2D eigenvalue weighted by Gasteiger charge is 2.34. The van der Waals surface area contributed by atoms with Crippen molar-refractivity contribution >= 4 is 35.4 Å². The van der Waals surface area contributed by atoms with E-state index in [0.717, 1.165) is 5.56 Å². The normalized spacial score (nSPS) is 15.8. The fourth-order valence-electron chi connectivity index (χ4n) is 2.79. The van der Waals surface area contributed by atoms with Gasteiger partial charge in [0.25, 0.3) is 5.91 Å². The van der Waals surface area contributed by atoms with Crippen LogP contribution >= 0.6 is 11.8 Å². The molecule has 146 valence electrons. The molecule has 2 aromatic rings. The first-order chi connectivity index (χ1) is 13.6. The van der Waals surface area contributed by atoms with Crippen LogP contribution < -0.4 is 10.6 Å².